The van der Waals surface area contributed by atoms with E-state index in [-0.39, 0.29) is 30.5 Å². The first-order chi connectivity index (χ1) is 12.0. The fraction of sp³-hybridized carbons (Fsp3) is 0.789. The fourth-order valence-electron chi connectivity index (χ4n) is 3.44. The van der Waals surface area contributed by atoms with E-state index >= 15 is 0 Å². The van der Waals surface area contributed by atoms with Crippen molar-refractivity contribution < 1.29 is 29.9 Å². The highest BCUT2D eigenvalue weighted by atomic mass is 17.1. The van der Waals surface area contributed by atoms with E-state index in [0.717, 1.165) is 32.1 Å². The van der Waals surface area contributed by atoms with Crippen molar-refractivity contribution in [3.63, 3.8) is 0 Å². The van der Waals surface area contributed by atoms with Crippen LogP contribution in [-0.2, 0) is 14.5 Å². The number of aliphatic carboxylic acids is 1. The minimum absolute atomic E-state index is 0.0628. The number of ketones is 1. The van der Waals surface area contributed by atoms with Gasteiger partial charge in [0, 0.05) is 24.7 Å². The Morgan fingerprint density at radius 3 is 2.68 bits per heavy atom. The van der Waals surface area contributed by atoms with Crippen LogP contribution in [0.1, 0.15) is 71.1 Å². The second kappa shape index (κ2) is 12.2. The molecular weight excluding hydrogens is 324 g/mol. The molecule has 0 heterocycles. The number of carbonyl (C=O) groups is 2. The summed E-state index contributed by atoms with van der Waals surface area (Å²) < 4.78 is 0. The number of Topliss-reactive ketones (excluding diaryl/α,β-unsaturated/α-hetero) is 1. The number of carboxylic acid groups (broad SMARTS) is 1. The largest absolute Gasteiger partial charge is 0.481 e. The summed E-state index contributed by atoms with van der Waals surface area (Å²) in [7, 11) is 0. The molecule has 0 bridgehead atoms. The molecule has 0 aliphatic heterocycles. The maximum atomic E-state index is 12.1. The molecule has 0 amide bonds. The molecule has 0 radical (unpaired) electrons. The Bertz CT molecular complexity index is 434. The normalized spacial score (nSPS) is 24.9. The summed E-state index contributed by atoms with van der Waals surface area (Å²) in [6.45, 7) is 2.10. The number of carboxylic acids is 1. The molecule has 1 unspecified atom stereocenters. The van der Waals surface area contributed by atoms with Crippen LogP contribution in [0, 0.1) is 11.8 Å². The standard InChI is InChI=1S/C19H32O6/c1-2-3-5-8-14(25-24)11-12-16-15(17(20)13-18(16)21)9-6-4-7-10-19(22)23/h11-12,14-16,18,21,24H,2-10,13H2,1H3,(H,22,23)/t14?,15-,16-,18-/m1/s1. The zero-order valence-electron chi connectivity index (χ0n) is 15.1. The molecule has 0 aromatic heterocycles. The molecule has 0 spiro atoms. The third-order valence-corrected chi connectivity index (χ3v) is 4.91. The van der Waals surface area contributed by atoms with Crippen LogP contribution < -0.4 is 0 Å². The number of rotatable bonds is 13. The van der Waals surface area contributed by atoms with Crippen molar-refractivity contribution in [2.24, 2.45) is 11.8 Å². The zero-order chi connectivity index (χ0) is 18.7. The van der Waals surface area contributed by atoms with Gasteiger partial charge in [-0.25, -0.2) is 4.89 Å². The lowest BCUT2D eigenvalue weighted by Gasteiger charge is -2.18. The Hall–Kier alpha value is -1.24. The van der Waals surface area contributed by atoms with E-state index in [1.54, 1.807) is 6.08 Å². The lowest BCUT2D eigenvalue weighted by Crippen LogP contribution is -2.19. The average Bonchev–Trinajstić information content (AvgIpc) is 2.83. The van der Waals surface area contributed by atoms with Crippen molar-refractivity contribution in [1.29, 1.82) is 0 Å². The van der Waals surface area contributed by atoms with Gasteiger partial charge < -0.3 is 10.2 Å². The molecule has 3 N–H and O–H groups in total. The minimum Gasteiger partial charge on any atom is -0.481 e. The molecule has 6 heteroatoms. The summed E-state index contributed by atoms with van der Waals surface area (Å²) in [5.74, 6) is -1.22. The Balaban J connectivity index is 2.50. The molecule has 0 aromatic carbocycles. The number of hydrogen-bond donors (Lipinski definition) is 3. The maximum Gasteiger partial charge on any atom is 0.303 e. The minimum atomic E-state index is -0.800. The number of unbranched alkanes of at least 4 members (excludes halogenated alkanes) is 4. The molecule has 0 aromatic rings. The van der Waals surface area contributed by atoms with Crippen molar-refractivity contribution in [3.05, 3.63) is 12.2 Å². The van der Waals surface area contributed by atoms with Crippen LogP contribution in [0.25, 0.3) is 0 Å². The van der Waals surface area contributed by atoms with Gasteiger partial charge in [-0.2, -0.15) is 0 Å². The monoisotopic (exact) mass is 356 g/mol. The molecule has 0 saturated heterocycles. The van der Waals surface area contributed by atoms with Gasteiger partial charge in [-0.15, -0.1) is 0 Å². The lowest BCUT2D eigenvalue weighted by molar-refractivity contribution is -0.267. The van der Waals surface area contributed by atoms with Crippen LogP contribution in [0.5, 0.6) is 0 Å². The number of aliphatic hydroxyl groups is 1. The van der Waals surface area contributed by atoms with Crippen molar-refractivity contribution in [3.8, 4) is 0 Å². The summed E-state index contributed by atoms with van der Waals surface area (Å²) in [5.41, 5.74) is 0. The molecule has 1 aliphatic carbocycles. The van der Waals surface area contributed by atoms with Gasteiger partial charge >= 0.3 is 5.97 Å². The molecule has 1 saturated carbocycles. The highest BCUT2D eigenvalue weighted by Crippen LogP contribution is 2.34. The lowest BCUT2D eigenvalue weighted by atomic mass is 9.88. The first-order valence-corrected chi connectivity index (χ1v) is 9.40. The molecule has 25 heavy (non-hydrogen) atoms. The SMILES string of the molecule is CCCCCC(C=C[C@H]1[C@H](O)CC(=O)[C@@H]1CCCCCC(=O)O)OO. The van der Waals surface area contributed by atoms with Gasteiger partial charge in [0.1, 0.15) is 11.9 Å². The number of carbonyl (C=O) groups excluding carboxylic acids is 1. The molecule has 1 fully saturated rings. The van der Waals surface area contributed by atoms with Gasteiger partial charge in [-0.1, -0.05) is 51.2 Å². The van der Waals surface area contributed by atoms with Gasteiger partial charge in [0.05, 0.1) is 6.10 Å². The third-order valence-electron chi connectivity index (χ3n) is 4.91. The Morgan fingerprint density at radius 1 is 1.28 bits per heavy atom. The van der Waals surface area contributed by atoms with Crippen LogP contribution >= 0.6 is 0 Å². The Morgan fingerprint density at radius 2 is 2.04 bits per heavy atom. The maximum absolute atomic E-state index is 12.1. The van der Waals surface area contributed by atoms with E-state index in [1.807, 2.05) is 6.08 Å². The van der Waals surface area contributed by atoms with E-state index < -0.39 is 18.2 Å². The Labute approximate surface area is 149 Å². The highest BCUT2D eigenvalue weighted by molar-refractivity contribution is 5.84. The summed E-state index contributed by atoms with van der Waals surface area (Å²) >= 11 is 0. The zero-order valence-corrected chi connectivity index (χ0v) is 15.1. The first kappa shape index (κ1) is 21.8. The third kappa shape index (κ3) is 8.12. The predicted octanol–water partition coefficient (Wildman–Crippen LogP) is 3.58. The summed E-state index contributed by atoms with van der Waals surface area (Å²) in [6.07, 6.45) is 9.38. The summed E-state index contributed by atoms with van der Waals surface area (Å²) in [4.78, 5) is 27.1. The van der Waals surface area contributed by atoms with Crippen LogP contribution in [0.4, 0.5) is 0 Å². The van der Waals surface area contributed by atoms with Gasteiger partial charge in [0.25, 0.3) is 0 Å². The first-order valence-electron chi connectivity index (χ1n) is 9.40. The van der Waals surface area contributed by atoms with E-state index in [0.29, 0.717) is 19.3 Å². The van der Waals surface area contributed by atoms with Crippen LogP contribution in [0.3, 0.4) is 0 Å². The van der Waals surface area contributed by atoms with Crippen LogP contribution in [0.2, 0.25) is 0 Å². The topological polar surface area (TPSA) is 104 Å². The highest BCUT2D eigenvalue weighted by Gasteiger charge is 2.39. The van der Waals surface area contributed by atoms with Crippen molar-refractivity contribution >= 4 is 11.8 Å². The van der Waals surface area contributed by atoms with Gasteiger partial charge in [-0.05, 0) is 19.3 Å². The molecule has 144 valence electrons. The molecule has 6 nitrogen and oxygen atoms in total. The van der Waals surface area contributed by atoms with Crippen molar-refractivity contribution in [2.45, 2.75) is 83.3 Å². The van der Waals surface area contributed by atoms with Gasteiger partial charge in [0.2, 0.25) is 0 Å². The second-order valence-electron chi connectivity index (χ2n) is 6.94. The molecule has 1 aliphatic rings. The smallest absolute Gasteiger partial charge is 0.303 e. The Kier molecular flexibility index (Phi) is 10.6. The van der Waals surface area contributed by atoms with Crippen LogP contribution in [0.15, 0.2) is 12.2 Å². The van der Waals surface area contributed by atoms with E-state index in [9.17, 15) is 14.7 Å². The van der Waals surface area contributed by atoms with Crippen molar-refractivity contribution in [1.82, 2.24) is 0 Å². The molecule has 1 rings (SSSR count). The molecule has 4 atom stereocenters. The average molecular weight is 356 g/mol. The quantitative estimate of drug-likeness (QED) is 0.202. The summed E-state index contributed by atoms with van der Waals surface area (Å²) in [5, 5.41) is 27.8. The number of aliphatic hydroxyl groups excluding tert-OH is 1. The van der Waals surface area contributed by atoms with Crippen molar-refractivity contribution in [2.75, 3.05) is 0 Å². The summed E-state index contributed by atoms with van der Waals surface area (Å²) in [6, 6.07) is 0. The van der Waals surface area contributed by atoms with E-state index in [1.165, 1.54) is 0 Å². The van der Waals surface area contributed by atoms with Gasteiger partial charge in [0.15, 0.2) is 0 Å². The number of hydrogen-bond acceptors (Lipinski definition) is 5. The second-order valence-corrected chi connectivity index (χ2v) is 6.94. The van der Waals surface area contributed by atoms with Crippen LogP contribution in [-0.4, -0.2) is 39.4 Å². The van der Waals surface area contributed by atoms with Gasteiger partial charge in [-0.3, -0.25) is 14.8 Å². The van der Waals surface area contributed by atoms with E-state index in [2.05, 4.69) is 11.8 Å². The van der Waals surface area contributed by atoms with E-state index in [4.69, 9.17) is 10.4 Å². The predicted molar refractivity (Wildman–Crippen MR) is 94.1 cm³/mol. The fourth-order valence-corrected chi connectivity index (χ4v) is 3.44. The molecular formula is C19H32O6.